The standard InChI is InChI=1S/C12H14ClN7O/c1-19-7-16-18-9(19)5-20-8(3-4-13)17-10-11(20)14-6-15-12(10)21-2/h6-7H,3-5H2,1-2H3. The molecule has 8 nitrogen and oxygen atoms in total. The molecule has 21 heavy (non-hydrogen) atoms. The molecular weight excluding hydrogens is 294 g/mol. The summed E-state index contributed by atoms with van der Waals surface area (Å²) in [6.07, 6.45) is 3.74. The summed E-state index contributed by atoms with van der Waals surface area (Å²) >= 11 is 5.87. The number of halogens is 1. The third-order valence-corrected chi connectivity index (χ3v) is 3.38. The van der Waals surface area contributed by atoms with Crippen molar-refractivity contribution in [1.82, 2.24) is 34.3 Å². The van der Waals surface area contributed by atoms with Crippen LogP contribution in [0.2, 0.25) is 0 Å². The Hall–Kier alpha value is -2.22. The normalized spacial score (nSPS) is 11.2. The van der Waals surface area contributed by atoms with Gasteiger partial charge in [-0.2, -0.15) is 4.98 Å². The molecule has 3 aromatic rings. The van der Waals surface area contributed by atoms with E-state index in [2.05, 4.69) is 25.1 Å². The van der Waals surface area contributed by atoms with E-state index >= 15 is 0 Å². The number of aryl methyl sites for hydroxylation is 2. The molecule has 0 radical (unpaired) electrons. The maximum absolute atomic E-state index is 5.87. The van der Waals surface area contributed by atoms with Gasteiger partial charge in [0, 0.05) is 19.3 Å². The van der Waals surface area contributed by atoms with Crippen LogP contribution in [0.25, 0.3) is 11.2 Å². The van der Waals surface area contributed by atoms with Gasteiger partial charge in [-0.3, -0.25) is 0 Å². The number of imidazole rings is 1. The highest BCUT2D eigenvalue weighted by molar-refractivity contribution is 6.17. The summed E-state index contributed by atoms with van der Waals surface area (Å²) in [6, 6.07) is 0. The third-order valence-electron chi connectivity index (χ3n) is 3.19. The van der Waals surface area contributed by atoms with Gasteiger partial charge in [-0.05, 0) is 0 Å². The van der Waals surface area contributed by atoms with Crippen LogP contribution in [0, 0.1) is 0 Å². The lowest BCUT2D eigenvalue weighted by molar-refractivity contribution is 0.401. The Bertz CT molecular complexity index is 766. The van der Waals surface area contributed by atoms with E-state index in [4.69, 9.17) is 16.3 Å². The molecule has 3 aromatic heterocycles. The van der Waals surface area contributed by atoms with E-state index < -0.39 is 0 Å². The summed E-state index contributed by atoms with van der Waals surface area (Å²) in [7, 11) is 3.45. The van der Waals surface area contributed by atoms with Gasteiger partial charge in [0.2, 0.25) is 5.88 Å². The predicted molar refractivity (Wildman–Crippen MR) is 76.4 cm³/mol. The molecule has 0 atom stereocenters. The zero-order valence-corrected chi connectivity index (χ0v) is 12.4. The quantitative estimate of drug-likeness (QED) is 0.648. The predicted octanol–water partition coefficient (Wildman–Crippen LogP) is 0.793. The molecule has 0 N–H and O–H groups in total. The number of fused-ring (bicyclic) bond motifs is 1. The summed E-state index contributed by atoms with van der Waals surface area (Å²) in [5, 5.41) is 7.99. The average Bonchev–Trinajstić information content (AvgIpc) is 3.05. The van der Waals surface area contributed by atoms with E-state index in [1.807, 2.05) is 16.2 Å². The van der Waals surface area contributed by atoms with Crippen LogP contribution < -0.4 is 4.74 Å². The van der Waals surface area contributed by atoms with Crippen LogP contribution >= 0.6 is 11.6 Å². The highest BCUT2D eigenvalue weighted by atomic mass is 35.5. The lowest BCUT2D eigenvalue weighted by atomic mass is 10.4. The second-order valence-corrected chi connectivity index (χ2v) is 4.84. The number of alkyl halides is 1. The molecule has 0 spiro atoms. The van der Waals surface area contributed by atoms with Crippen molar-refractivity contribution < 1.29 is 4.74 Å². The van der Waals surface area contributed by atoms with E-state index in [1.165, 1.54) is 6.33 Å². The summed E-state index contributed by atoms with van der Waals surface area (Å²) in [4.78, 5) is 12.9. The number of hydrogen-bond donors (Lipinski definition) is 0. The second kappa shape index (κ2) is 5.65. The summed E-state index contributed by atoms with van der Waals surface area (Å²) in [5.41, 5.74) is 1.33. The molecule has 0 saturated heterocycles. The molecule has 0 aliphatic rings. The minimum Gasteiger partial charge on any atom is -0.479 e. The van der Waals surface area contributed by atoms with Gasteiger partial charge >= 0.3 is 0 Å². The lowest BCUT2D eigenvalue weighted by Crippen LogP contribution is -2.10. The van der Waals surface area contributed by atoms with Crippen LogP contribution in [-0.2, 0) is 20.0 Å². The molecule has 0 aliphatic carbocycles. The fourth-order valence-electron chi connectivity index (χ4n) is 2.14. The zero-order valence-electron chi connectivity index (χ0n) is 11.7. The summed E-state index contributed by atoms with van der Waals surface area (Å²) in [6.45, 7) is 0.513. The largest absolute Gasteiger partial charge is 0.479 e. The summed E-state index contributed by atoms with van der Waals surface area (Å²) < 4.78 is 9.06. The van der Waals surface area contributed by atoms with Gasteiger partial charge < -0.3 is 13.9 Å². The number of rotatable bonds is 5. The number of nitrogens with zero attached hydrogens (tertiary/aromatic N) is 7. The van der Waals surface area contributed by atoms with Gasteiger partial charge in [0.1, 0.15) is 18.5 Å². The van der Waals surface area contributed by atoms with Crippen LogP contribution in [-0.4, -0.2) is 47.3 Å². The highest BCUT2D eigenvalue weighted by Gasteiger charge is 2.17. The van der Waals surface area contributed by atoms with Crippen molar-refractivity contribution in [2.24, 2.45) is 7.05 Å². The first-order valence-corrected chi connectivity index (χ1v) is 6.91. The lowest BCUT2D eigenvalue weighted by Gasteiger charge is -2.07. The molecule has 3 rings (SSSR count). The molecule has 3 heterocycles. The maximum Gasteiger partial charge on any atom is 0.245 e. The molecule has 0 saturated carbocycles. The van der Waals surface area contributed by atoms with E-state index in [1.54, 1.807) is 13.4 Å². The van der Waals surface area contributed by atoms with Crippen molar-refractivity contribution in [1.29, 1.82) is 0 Å². The molecule has 0 fully saturated rings. The van der Waals surface area contributed by atoms with Crippen molar-refractivity contribution in [2.75, 3.05) is 13.0 Å². The highest BCUT2D eigenvalue weighted by Crippen LogP contribution is 2.22. The van der Waals surface area contributed by atoms with Crippen molar-refractivity contribution >= 4 is 22.8 Å². The van der Waals surface area contributed by atoms with Gasteiger partial charge in [0.05, 0.1) is 13.7 Å². The number of methoxy groups -OCH3 is 1. The first-order valence-electron chi connectivity index (χ1n) is 6.37. The van der Waals surface area contributed by atoms with Crippen LogP contribution in [0.4, 0.5) is 0 Å². The molecule has 0 unspecified atom stereocenters. The molecule has 0 amide bonds. The second-order valence-electron chi connectivity index (χ2n) is 4.47. The summed E-state index contributed by atoms with van der Waals surface area (Å²) in [5.74, 6) is 2.55. The fourth-order valence-corrected chi connectivity index (χ4v) is 2.31. The monoisotopic (exact) mass is 307 g/mol. The minimum absolute atomic E-state index is 0.451. The Morgan fingerprint density at radius 1 is 1.29 bits per heavy atom. The molecule has 110 valence electrons. The first kappa shape index (κ1) is 13.7. The van der Waals surface area contributed by atoms with E-state index in [-0.39, 0.29) is 0 Å². The molecule has 0 aromatic carbocycles. The van der Waals surface area contributed by atoms with Crippen LogP contribution in [0.15, 0.2) is 12.7 Å². The Balaban J connectivity index is 2.14. The number of aromatic nitrogens is 7. The van der Waals surface area contributed by atoms with Crippen molar-refractivity contribution in [3.63, 3.8) is 0 Å². The van der Waals surface area contributed by atoms with Crippen LogP contribution in [0.5, 0.6) is 5.88 Å². The molecular formula is C12H14ClN7O. The van der Waals surface area contributed by atoms with E-state index in [0.717, 1.165) is 11.6 Å². The van der Waals surface area contributed by atoms with Crippen molar-refractivity contribution in [3.8, 4) is 5.88 Å². The van der Waals surface area contributed by atoms with Gasteiger partial charge in [0.25, 0.3) is 0 Å². The Morgan fingerprint density at radius 3 is 2.81 bits per heavy atom. The Morgan fingerprint density at radius 2 is 2.14 bits per heavy atom. The van der Waals surface area contributed by atoms with Gasteiger partial charge in [-0.15, -0.1) is 21.8 Å². The van der Waals surface area contributed by atoms with Gasteiger partial charge in [-0.1, -0.05) is 0 Å². The van der Waals surface area contributed by atoms with Crippen molar-refractivity contribution in [3.05, 3.63) is 24.3 Å². The first-order chi connectivity index (χ1) is 10.2. The number of ether oxygens (including phenoxy) is 1. The van der Waals surface area contributed by atoms with Gasteiger partial charge in [-0.25, -0.2) is 9.97 Å². The van der Waals surface area contributed by atoms with E-state index in [9.17, 15) is 0 Å². The van der Waals surface area contributed by atoms with Crippen LogP contribution in [0.1, 0.15) is 11.6 Å². The number of hydrogen-bond acceptors (Lipinski definition) is 6. The molecule has 0 aliphatic heterocycles. The topological polar surface area (TPSA) is 83.5 Å². The average molecular weight is 308 g/mol. The Labute approximate surface area is 125 Å². The molecule has 9 heteroatoms. The molecule has 0 bridgehead atoms. The van der Waals surface area contributed by atoms with Gasteiger partial charge in [0.15, 0.2) is 17.0 Å². The third kappa shape index (κ3) is 2.42. The fraction of sp³-hybridized carbons (Fsp3) is 0.417. The van der Waals surface area contributed by atoms with Crippen molar-refractivity contribution in [2.45, 2.75) is 13.0 Å². The van der Waals surface area contributed by atoms with E-state index in [0.29, 0.717) is 35.9 Å². The SMILES string of the molecule is COc1ncnc2c1nc(CCCl)n2Cc1nncn1C. The van der Waals surface area contributed by atoms with Crippen LogP contribution in [0.3, 0.4) is 0 Å². The minimum atomic E-state index is 0.451. The Kier molecular flexibility index (Phi) is 3.70. The smallest absolute Gasteiger partial charge is 0.245 e. The zero-order chi connectivity index (χ0) is 14.8. The maximum atomic E-state index is 5.87.